The molecule has 1 saturated heterocycles. The lowest BCUT2D eigenvalue weighted by Crippen LogP contribution is -2.26. The van der Waals surface area contributed by atoms with Crippen LogP contribution in [0.1, 0.15) is 24.5 Å². The molecule has 0 saturated carbocycles. The number of ether oxygens (including phenoxy) is 2. The van der Waals surface area contributed by atoms with Crippen molar-refractivity contribution in [3.63, 3.8) is 0 Å². The average molecular weight is 269 g/mol. The monoisotopic (exact) mass is 269 g/mol. The number of aliphatic hydroxyl groups is 1. The summed E-state index contributed by atoms with van der Waals surface area (Å²) in [6, 6.07) is 4.61. The van der Waals surface area contributed by atoms with Crippen LogP contribution in [-0.4, -0.2) is 38.0 Å². The van der Waals surface area contributed by atoms with Gasteiger partial charge in [-0.3, -0.25) is 0 Å². The van der Waals surface area contributed by atoms with Gasteiger partial charge in [-0.15, -0.1) is 0 Å². The third-order valence-corrected chi connectivity index (χ3v) is 3.20. The van der Waals surface area contributed by atoms with Crippen molar-refractivity contribution < 1.29 is 19.0 Å². The van der Waals surface area contributed by atoms with Crippen LogP contribution in [0.25, 0.3) is 0 Å². The first-order valence-corrected chi connectivity index (χ1v) is 6.57. The van der Waals surface area contributed by atoms with E-state index in [4.69, 9.17) is 9.47 Å². The molecule has 0 amide bonds. The summed E-state index contributed by atoms with van der Waals surface area (Å²) in [5.74, 6) is -0.188. The molecule has 2 rings (SSSR count). The smallest absolute Gasteiger partial charge is 0.165 e. The first-order valence-electron chi connectivity index (χ1n) is 6.57. The minimum absolute atomic E-state index is 0.0105. The van der Waals surface area contributed by atoms with Gasteiger partial charge in [0.15, 0.2) is 11.6 Å². The van der Waals surface area contributed by atoms with Crippen LogP contribution in [0.3, 0.4) is 0 Å². The summed E-state index contributed by atoms with van der Waals surface area (Å²) >= 11 is 0. The second kappa shape index (κ2) is 6.84. The number of benzene rings is 1. The molecule has 0 aliphatic carbocycles. The molecule has 106 valence electrons. The Morgan fingerprint density at radius 1 is 1.47 bits per heavy atom. The Balaban J connectivity index is 2.01. The van der Waals surface area contributed by atoms with E-state index >= 15 is 0 Å². The molecular formula is C14H20FNO3. The zero-order valence-corrected chi connectivity index (χ0v) is 11.1. The molecule has 1 heterocycles. The summed E-state index contributed by atoms with van der Waals surface area (Å²) in [6.07, 6.45) is 0.862. The quantitative estimate of drug-likeness (QED) is 0.853. The Bertz CT molecular complexity index is 408. The molecule has 0 radical (unpaired) electrons. The van der Waals surface area contributed by atoms with Gasteiger partial charge in [0.1, 0.15) is 6.10 Å². The fourth-order valence-electron chi connectivity index (χ4n) is 2.10. The lowest BCUT2D eigenvalue weighted by Gasteiger charge is -2.23. The zero-order valence-electron chi connectivity index (χ0n) is 11.1. The number of aliphatic hydroxyl groups excluding tert-OH is 1. The van der Waals surface area contributed by atoms with Crippen LogP contribution in [0.5, 0.6) is 5.75 Å². The highest BCUT2D eigenvalue weighted by Crippen LogP contribution is 2.24. The van der Waals surface area contributed by atoms with Gasteiger partial charge < -0.3 is 19.9 Å². The molecule has 5 heteroatoms. The largest absolute Gasteiger partial charge is 0.487 e. The number of halogens is 1. The molecule has 4 nitrogen and oxygen atoms in total. The first kappa shape index (κ1) is 14.2. The molecule has 1 aliphatic rings. The van der Waals surface area contributed by atoms with Gasteiger partial charge >= 0.3 is 0 Å². The number of hydrogen-bond acceptors (Lipinski definition) is 4. The van der Waals surface area contributed by atoms with Crippen LogP contribution in [0.2, 0.25) is 0 Å². The van der Waals surface area contributed by atoms with Crippen molar-refractivity contribution in [1.82, 2.24) is 5.32 Å². The van der Waals surface area contributed by atoms with Crippen molar-refractivity contribution in [2.24, 2.45) is 0 Å². The molecule has 1 aliphatic heterocycles. The van der Waals surface area contributed by atoms with Crippen molar-refractivity contribution in [3.8, 4) is 5.75 Å². The summed E-state index contributed by atoms with van der Waals surface area (Å²) < 4.78 is 24.8. The normalized spacial score (nSPS) is 18.3. The highest BCUT2D eigenvalue weighted by molar-refractivity contribution is 5.30. The van der Waals surface area contributed by atoms with E-state index in [9.17, 15) is 9.50 Å². The first-order chi connectivity index (χ1) is 9.20. The maximum Gasteiger partial charge on any atom is 0.165 e. The fraction of sp³-hybridized carbons (Fsp3) is 0.571. The predicted molar refractivity (Wildman–Crippen MR) is 69.8 cm³/mol. The standard InChI is InChI=1S/C14H20FNO3/c1-16-9-13(17)10-2-3-14(12(15)8-10)19-11-4-6-18-7-5-11/h2-3,8,11,13,16-17H,4-7,9H2,1H3. The summed E-state index contributed by atoms with van der Waals surface area (Å²) in [5, 5.41) is 12.6. The summed E-state index contributed by atoms with van der Waals surface area (Å²) in [4.78, 5) is 0. The van der Waals surface area contributed by atoms with Crippen molar-refractivity contribution >= 4 is 0 Å². The van der Waals surface area contributed by atoms with Crippen LogP contribution in [0.4, 0.5) is 4.39 Å². The Labute approximate surface area is 112 Å². The van der Waals surface area contributed by atoms with Gasteiger partial charge in [-0.2, -0.15) is 0 Å². The molecule has 0 bridgehead atoms. The SMILES string of the molecule is CNCC(O)c1ccc(OC2CCOCC2)c(F)c1. The second-order valence-electron chi connectivity index (χ2n) is 4.69. The van der Waals surface area contributed by atoms with Crippen LogP contribution >= 0.6 is 0 Å². The fourth-order valence-corrected chi connectivity index (χ4v) is 2.10. The minimum Gasteiger partial charge on any atom is -0.487 e. The zero-order chi connectivity index (χ0) is 13.7. The molecule has 19 heavy (non-hydrogen) atoms. The van der Waals surface area contributed by atoms with E-state index in [1.54, 1.807) is 19.2 Å². The van der Waals surface area contributed by atoms with E-state index in [1.807, 2.05) is 0 Å². The lowest BCUT2D eigenvalue weighted by molar-refractivity contribution is 0.0240. The average Bonchev–Trinajstić information content (AvgIpc) is 2.42. The topological polar surface area (TPSA) is 50.7 Å². The molecule has 1 aromatic rings. The Morgan fingerprint density at radius 3 is 2.84 bits per heavy atom. The van der Waals surface area contributed by atoms with Gasteiger partial charge in [-0.1, -0.05) is 6.07 Å². The summed E-state index contributed by atoms with van der Waals surface area (Å²) in [6.45, 7) is 1.70. The van der Waals surface area contributed by atoms with Crippen molar-refractivity contribution in [2.75, 3.05) is 26.8 Å². The highest BCUT2D eigenvalue weighted by Gasteiger charge is 2.18. The van der Waals surface area contributed by atoms with E-state index in [0.29, 0.717) is 25.3 Å². The third-order valence-electron chi connectivity index (χ3n) is 3.20. The van der Waals surface area contributed by atoms with Crippen molar-refractivity contribution in [3.05, 3.63) is 29.6 Å². The van der Waals surface area contributed by atoms with Gasteiger partial charge in [0, 0.05) is 19.4 Å². The molecule has 0 spiro atoms. The van der Waals surface area contributed by atoms with Gasteiger partial charge in [-0.25, -0.2) is 4.39 Å². The number of rotatable bonds is 5. The lowest BCUT2D eigenvalue weighted by atomic mass is 10.1. The number of nitrogens with one attached hydrogen (secondary N) is 1. The summed E-state index contributed by atoms with van der Waals surface area (Å²) in [7, 11) is 1.74. The molecule has 0 aromatic heterocycles. The van der Waals surface area contributed by atoms with Gasteiger partial charge in [0.25, 0.3) is 0 Å². The minimum atomic E-state index is -0.711. The molecule has 2 N–H and O–H groups in total. The van der Waals surface area contributed by atoms with E-state index in [0.717, 1.165) is 12.8 Å². The Kier molecular flexibility index (Phi) is 5.13. The maximum absolute atomic E-state index is 13.9. The van der Waals surface area contributed by atoms with Crippen molar-refractivity contribution in [1.29, 1.82) is 0 Å². The number of likely N-dealkylation sites (N-methyl/N-ethyl adjacent to an activating group) is 1. The second-order valence-corrected chi connectivity index (χ2v) is 4.69. The van der Waals surface area contributed by atoms with E-state index in [1.165, 1.54) is 6.07 Å². The van der Waals surface area contributed by atoms with Gasteiger partial charge in [-0.05, 0) is 24.7 Å². The maximum atomic E-state index is 13.9. The van der Waals surface area contributed by atoms with Gasteiger partial charge in [0.2, 0.25) is 0 Å². The van der Waals surface area contributed by atoms with Crippen LogP contribution in [-0.2, 0) is 4.74 Å². The Hall–Kier alpha value is -1.17. The Morgan fingerprint density at radius 2 is 2.21 bits per heavy atom. The highest BCUT2D eigenvalue weighted by atomic mass is 19.1. The van der Waals surface area contributed by atoms with Gasteiger partial charge in [0.05, 0.1) is 19.3 Å². The molecule has 1 fully saturated rings. The molecular weight excluding hydrogens is 249 g/mol. The van der Waals surface area contributed by atoms with Crippen LogP contribution in [0, 0.1) is 5.82 Å². The predicted octanol–water partition coefficient (Wildman–Crippen LogP) is 1.64. The molecule has 1 unspecified atom stereocenters. The summed E-state index contributed by atoms with van der Waals surface area (Å²) in [5.41, 5.74) is 0.547. The molecule has 1 atom stereocenters. The number of hydrogen-bond donors (Lipinski definition) is 2. The van der Waals surface area contributed by atoms with E-state index < -0.39 is 11.9 Å². The van der Waals surface area contributed by atoms with Crippen molar-refractivity contribution in [2.45, 2.75) is 25.0 Å². The third kappa shape index (κ3) is 3.89. The van der Waals surface area contributed by atoms with E-state index in [2.05, 4.69) is 5.32 Å². The van der Waals surface area contributed by atoms with Crippen LogP contribution < -0.4 is 10.1 Å². The van der Waals surface area contributed by atoms with E-state index in [-0.39, 0.29) is 11.9 Å². The van der Waals surface area contributed by atoms with Crippen LogP contribution in [0.15, 0.2) is 18.2 Å². The molecule has 1 aromatic carbocycles.